The third-order valence-corrected chi connectivity index (χ3v) is 4.99. The van der Waals surface area contributed by atoms with Gasteiger partial charge in [0.15, 0.2) is 17.5 Å². The Kier molecular flexibility index (Phi) is 8.67. The highest BCUT2D eigenvalue weighted by molar-refractivity contribution is 5.93. The molecule has 1 atom stereocenters. The smallest absolute Gasteiger partial charge is 0.195 e. The zero-order chi connectivity index (χ0) is 19.6. The van der Waals surface area contributed by atoms with Gasteiger partial charge in [-0.25, -0.2) is 0 Å². The third kappa shape index (κ3) is 6.29. The topological polar surface area (TPSA) is 61.4 Å². The highest BCUT2D eigenvalue weighted by Crippen LogP contribution is 2.30. The summed E-state index contributed by atoms with van der Waals surface area (Å²) in [5.41, 5.74) is 0.910. The fourth-order valence-electron chi connectivity index (χ4n) is 3.23. The lowest BCUT2D eigenvalue weighted by Gasteiger charge is -2.37. The Labute approximate surface area is 163 Å². The van der Waals surface area contributed by atoms with Crippen molar-refractivity contribution < 1.29 is 9.47 Å². The molecule has 0 aromatic heterocycles. The molecule has 7 nitrogen and oxygen atoms in total. The van der Waals surface area contributed by atoms with Gasteiger partial charge in [0.25, 0.3) is 0 Å². The molecule has 27 heavy (non-hydrogen) atoms. The number of guanidine groups is 1. The molecule has 0 bridgehead atoms. The van der Waals surface area contributed by atoms with Crippen LogP contribution in [-0.4, -0.2) is 81.8 Å². The molecule has 7 heteroatoms. The van der Waals surface area contributed by atoms with Crippen molar-refractivity contribution in [3.05, 3.63) is 18.2 Å². The number of aliphatic imine (C=N–C) groups is 1. The first-order valence-electron chi connectivity index (χ1n) is 9.86. The van der Waals surface area contributed by atoms with Crippen LogP contribution >= 0.6 is 0 Å². The van der Waals surface area contributed by atoms with E-state index in [4.69, 9.17) is 9.47 Å². The largest absolute Gasteiger partial charge is 0.493 e. The van der Waals surface area contributed by atoms with E-state index >= 15 is 0 Å². The lowest BCUT2D eigenvalue weighted by atomic mass is 10.2. The average molecular weight is 378 g/mol. The van der Waals surface area contributed by atoms with Crippen molar-refractivity contribution in [1.29, 1.82) is 0 Å². The molecule has 1 fully saturated rings. The fourth-order valence-corrected chi connectivity index (χ4v) is 3.23. The predicted octanol–water partition coefficient (Wildman–Crippen LogP) is 2.11. The number of ether oxygens (including phenoxy) is 2. The van der Waals surface area contributed by atoms with Gasteiger partial charge in [-0.3, -0.25) is 9.89 Å². The second-order valence-corrected chi connectivity index (χ2v) is 6.70. The van der Waals surface area contributed by atoms with E-state index in [9.17, 15) is 0 Å². The number of piperazine rings is 1. The zero-order valence-corrected chi connectivity index (χ0v) is 17.4. The van der Waals surface area contributed by atoms with Gasteiger partial charge in [-0.2, -0.15) is 0 Å². The first-order chi connectivity index (χ1) is 13.1. The van der Waals surface area contributed by atoms with E-state index < -0.39 is 0 Å². The molecule has 0 spiro atoms. The summed E-state index contributed by atoms with van der Waals surface area (Å²) in [6.45, 7) is 13.6. The summed E-state index contributed by atoms with van der Waals surface area (Å²) in [7, 11) is 3.43. The minimum absolute atomic E-state index is 0.456. The lowest BCUT2D eigenvalue weighted by molar-refractivity contribution is 0.107. The van der Waals surface area contributed by atoms with Crippen molar-refractivity contribution in [3.8, 4) is 11.5 Å². The van der Waals surface area contributed by atoms with Crippen LogP contribution in [0.4, 0.5) is 5.69 Å². The lowest BCUT2D eigenvalue weighted by Crippen LogP contribution is -2.52. The van der Waals surface area contributed by atoms with Crippen LogP contribution in [-0.2, 0) is 0 Å². The van der Waals surface area contributed by atoms with Crippen LogP contribution < -0.4 is 20.1 Å². The maximum absolute atomic E-state index is 5.57. The maximum atomic E-state index is 5.57. The van der Waals surface area contributed by atoms with Gasteiger partial charge in [0.05, 0.1) is 13.7 Å². The molecule has 1 unspecified atom stereocenters. The standard InChI is InChI=1S/C20H35N5O2/c1-6-24-10-12-25(13-11-24)16(3)15-22-20(21-4)23-17-8-9-18(27-7-2)19(14-17)26-5/h8-9,14,16H,6-7,10-13,15H2,1-5H3,(H2,21,22,23). The summed E-state index contributed by atoms with van der Waals surface area (Å²) in [5.74, 6) is 2.20. The quantitative estimate of drug-likeness (QED) is 0.534. The van der Waals surface area contributed by atoms with Crippen LogP contribution in [0.25, 0.3) is 0 Å². The summed E-state index contributed by atoms with van der Waals surface area (Å²) >= 11 is 0. The molecule has 1 aromatic carbocycles. The molecule has 1 heterocycles. The molecule has 1 aliphatic rings. The molecule has 152 valence electrons. The highest BCUT2D eigenvalue weighted by Gasteiger charge is 2.20. The molecule has 2 rings (SSSR count). The predicted molar refractivity (Wildman–Crippen MR) is 112 cm³/mol. The van der Waals surface area contributed by atoms with Crippen molar-refractivity contribution in [2.45, 2.75) is 26.8 Å². The summed E-state index contributed by atoms with van der Waals surface area (Å²) in [5, 5.41) is 6.75. The number of hydrogen-bond acceptors (Lipinski definition) is 5. The number of anilines is 1. The Morgan fingerprint density at radius 2 is 1.93 bits per heavy atom. The normalized spacial score (nSPS) is 17.4. The first kappa shape index (κ1) is 21.3. The molecule has 1 aliphatic heterocycles. The Bertz CT molecular complexity index is 600. The molecule has 1 aromatic rings. The molecular formula is C20H35N5O2. The van der Waals surface area contributed by atoms with Crippen molar-refractivity contribution in [3.63, 3.8) is 0 Å². The third-order valence-electron chi connectivity index (χ3n) is 4.99. The van der Waals surface area contributed by atoms with Gasteiger partial charge in [0.2, 0.25) is 0 Å². The first-order valence-corrected chi connectivity index (χ1v) is 9.86. The molecule has 0 saturated carbocycles. The van der Waals surface area contributed by atoms with Crippen molar-refractivity contribution >= 4 is 11.6 Å². The molecular weight excluding hydrogens is 342 g/mol. The van der Waals surface area contributed by atoms with E-state index in [2.05, 4.69) is 39.3 Å². The molecule has 0 aliphatic carbocycles. The van der Waals surface area contributed by atoms with Crippen LogP contribution in [0.2, 0.25) is 0 Å². The number of methoxy groups -OCH3 is 1. The molecule has 0 amide bonds. The van der Waals surface area contributed by atoms with Crippen LogP contribution in [0.5, 0.6) is 11.5 Å². The second-order valence-electron chi connectivity index (χ2n) is 6.70. The van der Waals surface area contributed by atoms with Crippen molar-refractivity contribution in [2.24, 2.45) is 4.99 Å². The minimum atomic E-state index is 0.456. The number of nitrogens with one attached hydrogen (secondary N) is 2. The van der Waals surface area contributed by atoms with Gasteiger partial charge in [-0.15, -0.1) is 0 Å². The Morgan fingerprint density at radius 3 is 2.52 bits per heavy atom. The molecule has 1 saturated heterocycles. The van der Waals surface area contributed by atoms with Gasteiger partial charge in [0.1, 0.15) is 0 Å². The monoisotopic (exact) mass is 377 g/mol. The Hall–Kier alpha value is -1.99. The van der Waals surface area contributed by atoms with E-state index in [1.165, 1.54) is 0 Å². The number of nitrogens with zero attached hydrogens (tertiary/aromatic N) is 3. The van der Waals surface area contributed by atoms with Gasteiger partial charge < -0.3 is 25.0 Å². The second kappa shape index (κ2) is 11.0. The van der Waals surface area contributed by atoms with Gasteiger partial charge in [0, 0.05) is 57.6 Å². The van der Waals surface area contributed by atoms with Crippen LogP contribution in [0.15, 0.2) is 23.2 Å². The highest BCUT2D eigenvalue weighted by atomic mass is 16.5. The number of likely N-dealkylation sites (N-methyl/N-ethyl adjacent to an activating group) is 1. The van der Waals surface area contributed by atoms with Gasteiger partial charge in [-0.05, 0) is 32.5 Å². The fraction of sp³-hybridized carbons (Fsp3) is 0.650. The summed E-state index contributed by atoms with van der Waals surface area (Å²) in [4.78, 5) is 9.37. The van der Waals surface area contributed by atoms with Gasteiger partial charge >= 0.3 is 0 Å². The molecule has 0 radical (unpaired) electrons. The number of rotatable bonds is 8. The van der Waals surface area contributed by atoms with Gasteiger partial charge in [-0.1, -0.05) is 6.92 Å². The van der Waals surface area contributed by atoms with E-state index in [0.29, 0.717) is 18.4 Å². The SMILES string of the molecule is CCOc1ccc(NC(=NC)NCC(C)N2CCN(CC)CC2)cc1OC. The summed E-state index contributed by atoms with van der Waals surface area (Å²) < 4.78 is 11.0. The summed E-state index contributed by atoms with van der Waals surface area (Å²) in [6, 6.07) is 6.25. The number of benzene rings is 1. The Balaban J connectivity index is 1.87. The Morgan fingerprint density at radius 1 is 1.19 bits per heavy atom. The number of hydrogen-bond donors (Lipinski definition) is 2. The van der Waals surface area contributed by atoms with E-state index in [-0.39, 0.29) is 0 Å². The van der Waals surface area contributed by atoms with Crippen molar-refractivity contribution in [1.82, 2.24) is 15.1 Å². The zero-order valence-electron chi connectivity index (χ0n) is 17.4. The van der Waals surface area contributed by atoms with Crippen molar-refractivity contribution in [2.75, 3.05) is 65.3 Å². The van der Waals surface area contributed by atoms with Crippen LogP contribution in [0.3, 0.4) is 0 Å². The average Bonchev–Trinajstić information content (AvgIpc) is 2.71. The molecule has 2 N–H and O–H groups in total. The van der Waals surface area contributed by atoms with Crippen LogP contribution in [0.1, 0.15) is 20.8 Å². The van der Waals surface area contributed by atoms with E-state index in [1.54, 1.807) is 14.2 Å². The van der Waals surface area contributed by atoms with Crippen LogP contribution in [0, 0.1) is 0 Å². The van der Waals surface area contributed by atoms with E-state index in [1.807, 2.05) is 25.1 Å². The van der Waals surface area contributed by atoms with E-state index in [0.717, 1.165) is 56.7 Å². The minimum Gasteiger partial charge on any atom is -0.493 e. The summed E-state index contributed by atoms with van der Waals surface area (Å²) in [6.07, 6.45) is 0. The maximum Gasteiger partial charge on any atom is 0.195 e.